The van der Waals surface area contributed by atoms with Crippen LogP contribution in [0.2, 0.25) is 0 Å². The topological polar surface area (TPSA) is 21.3 Å². The molecule has 1 aliphatic heterocycles. The normalized spacial score (nSPS) is 15.6. The summed E-state index contributed by atoms with van der Waals surface area (Å²) in [6.07, 6.45) is 1.21. The Labute approximate surface area is 142 Å². The van der Waals surface area contributed by atoms with Gasteiger partial charge in [-0.25, -0.2) is 0 Å². The van der Waals surface area contributed by atoms with Crippen molar-refractivity contribution < 1.29 is 4.74 Å². The molecule has 0 bridgehead atoms. The van der Waals surface area contributed by atoms with Gasteiger partial charge >= 0.3 is 0 Å². The van der Waals surface area contributed by atoms with Gasteiger partial charge in [0.1, 0.15) is 5.75 Å². The van der Waals surface area contributed by atoms with Crippen LogP contribution >= 0.6 is 39.0 Å². The fourth-order valence-electron chi connectivity index (χ4n) is 2.63. The summed E-state index contributed by atoms with van der Waals surface area (Å²) in [5.74, 6) is 3.29. The largest absolute Gasteiger partial charge is 0.497 e. The van der Waals surface area contributed by atoms with Crippen LogP contribution in [0.15, 0.2) is 28.7 Å². The molecule has 1 aromatic carbocycles. The number of hydrogen-bond donors (Lipinski definition) is 1. The molecule has 2 aromatic rings. The number of thioether (sulfide) groups is 1. The van der Waals surface area contributed by atoms with Gasteiger partial charge in [-0.15, -0.1) is 11.3 Å². The Balaban J connectivity index is 1.96. The number of thiophene rings is 1. The van der Waals surface area contributed by atoms with Gasteiger partial charge in [-0.1, -0.05) is 22.0 Å². The Bertz CT molecular complexity index is 618. The van der Waals surface area contributed by atoms with E-state index in [0.29, 0.717) is 0 Å². The summed E-state index contributed by atoms with van der Waals surface area (Å²) in [5.41, 5.74) is 2.78. The lowest BCUT2D eigenvalue weighted by Gasteiger charge is -2.17. The van der Waals surface area contributed by atoms with E-state index in [1.165, 1.54) is 28.2 Å². The van der Waals surface area contributed by atoms with Crippen molar-refractivity contribution in [2.45, 2.75) is 18.2 Å². The first-order chi connectivity index (χ1) is 10.2. The van der Waals surface area contributed by atoms with Crippen molar-refractivity contribution in [3.63, 3.8) is 0 Å². The zero-order valence-corrected chi connectivity index (χ0v) is 15.3. The second-order valence-corrected chi connectivity index (χ2v) is 8.14. The zero-order valence-electron chi connectivity index (χ0n) is 12.1. The number of aryl methyl sites for hydroxylation is 1. The summed E-state index contributed by atoms with van der Waals surface area (Å²) >= 11 is 7.67. The van der Waals surface area contributed by atoms with Crippen LogP contribution in [0, 0.1) is 0 Å². The molecule has 21 heavy (non-hydrogen) atoms. The number of methoxy groups -OCH3 is 1. The molecule has 0 saturated heterocycles. The molecule has 1 N–H and O–H groups in total. The molecule has 1 aromatic heterocycles. The average Bonchev–Trinajstić information content (AvgIpc) is 2.93. The standard InChI is InChI=1S/C16H18BrNOS2/c1-18-16(12-4-3-11(19-2)8-13(12)17)15-7-10-9-20-6-5-14(10)21-15/h3-4,7-8,16,18H,5-6,9H2,1-2H3. The molecule has 3 rings (SSSR count). The Morgan fingerprint density at radius 2 is 2.19 bits per heavy atom. The van der Waals surface area contributed by atoms with E-state index in [-0.39, 0.29) is 6.04 Å². The minimum atomic E-state index is 0.228. The lowest BCUT2D eigenvalue weighted by Crippen LogP contribution is -2.17. The van der Waals surface area contributed by atoms with E-state index in [1.807, 2.05) is 42.3 Å². The maximum Gasteiger partial charge on any atom is 0.120 e. The Kier molecular flexibility index (Phi) is 4.94. The third-order valence-corrected chi connectivity index (χ3v) is 6.74. The molecule has 0 amide bonds. The van der Waals surface area contributed by atoms with Crippen LogP contribution in [0.1, 0.15) is 26.9 Å². The molecule has 1 atom stereocenters. The van der Waals surface area contributed by atoms with Gasteiger partial charge in [0.15, 0.2) is 0 Å². The maximum absolute atomic E-state index is 5.28. The molecular weight excluding hydrogens is 366 g/mol. The van der Waals surface area contributed by atoms with Crippen molar-refractivity contribution in [2.24, 2.45) is 0 Å². The van der Waals surface area contributed by atoms with Crippen molar-refractivity contribution in [1.82, 2.24) is 5.32 Å². The van der Waals surface area contributed by atoms with Crippen LogP contribution in [0.4, 0.5) is 0 Å². The molecule has 2 nitrogen and oxygen atoms in total. The van der Waals surface area contributed by atoms with Crippen LogP contribution in [-0.4, -0.2) is 19.9 Å². The van der Waals surface area contributed by atoms with Gasteiger partial charge in [0.2, 0.25) is 0 Å². The van der Waals surface area contributed by atoms with Crippen molar-refractivity contribution in [3.05, 3.63) is 49.6 Å². The molecule has 112 valence electrons. The first kappa shape index (κ1) is 15.4. The van der Waals surface area contributed by atoms with Gasteiger partial charge in [-0.3, -0.25) is 0 Å². The van der Waals surface area contributed by atoms with Crippen LogP contribution in [0.3, 0.4) is 0 Å². The van der Waals surface area contributed by atoms with E-state index in [9.17, 15) is 0 Å². The highest BCUT2D eigenvalue weighted by Gasteiger charge is 2.21. The van der Waals surface area contributed by atoms with Gasteiger partial charge < -0.3 is 10.1 Å². The zero-order chi connectivity index (χ0) is 14.8. The Morgan fingerprint density at radius 1 is 1.33 bits per heavy atom. The number of hydrogen-bond acceptors (Lipinski definition) is 4. The monoisotopic (exact) mass is 383 g/mol. The van der Waals surface area contributed by atoms with Crippen molar-refractivity contribution in [1.29, 1.82) is 0 Å². The Morgan fingerprint density at radius 3 is 2.86 bits per heavy atom. The fourth-order valence-corrected chi connectivity index (χ4v) is 5.72. The number of nitrogens with one attached hydrogen (secondary N) is 1. The molecule has 0 radical (unpaired) electrons. The third kappa shape index (κ3) is 3.16. The van der Waals surface area contributed by atoms with Crippen molar-refractivity contribution >= 4 is 39.0 Å². The van der Waals surface area contributed by atoms with E-state index < -0.39 is 0 Å². The molecule has 0 aliphatic carbocycles. The van der Waals surface area contributed by atoms with Crippen LogP contribution < -0.4 is 10.1 Å². The fraction of sp³-hybridized carbons (Fsp3) is 0.375. The minimum Gasteiger partial charge on any atom is -0.497 e. The summed E-state index contributed by atoms with van der Waals surface area (Å²) in [6, 6.07) is 8.80. The lowest BCUT2D eigenvalue weighted by molar-refractivity contribution is 0.414. The van der Waals surface area contributed by atoms with Crippen LogP contribution in [0.25, 0.3) is 0 Å². The van der Waals surface area contributed by atoms with E-state index >= 15 is 0 Å². The van der Waals surface area contributed by atoms with E-state index in [2.05, 4.69) is 33.4 Å². The summed E-state index contributed by atoms with van der Waals surface area (Å²) < 4.78 is 6.37. The molecule has 0 fully saturated rings. The maximum atomic E-state index is 5.28. The smallest absolute Gasteiger partial charge is 0.120 e. The van der Waals surface area contributed by atoms with E-state index in [4.69, 9.17) is 4.74 Å². The first-order valence-corrected chi connectivity index (χ1v) is 9.69. The number of ether oxygens (including phenoxy) is 1. The van der Waals surface area contributed by atoms with E-state index in [0.717, 1.165) is 16.0 Å². The SMILES string of the molecule is CNC(c1cc2c(s1)CCSC2)c1ccc(OC)cc1Br. The average molecular weight is 384 g/mol. The van der Waals surface area contributed by atoms with Gasteiger partial charge in [-0.05, 0) is 48.5 Å². The predicted octanol–water partition coefficient (Wildman–Crippen LogP) is 4.62. The highest BCUT2D eigenvalue weighted by Crippen LogP contribution is 2.38. The summed E-state index contributed by atoms with van der Waals surface area (Å²) in [6.45, 7) is 0. The number of benzene rings is 1. The number of rotatable bonds is 4. The summed E-state index contributed by atoms with van der Waals surface area (Å²) in [5, 5.41) is 3.45. The first-order valence-electron chi connectivity index (χ1n) is 6.93. The molecule has 0 saturated carbocycles. The predicted molar refractivity (Wildman–Crippen MR) is 95.8 cm³/mol. The summed E-state index contributed by atoms with van der Waals surface area (Å²) in [4.78, 5) is 2.96. The second kappa shape index (κ2) is 6.73. The van der Waals surface area contributed by atoms with Gasteiger partial charge in [0.05, 0.1) is 13.2 Å². The molecule has 5 heteroatoms. The Hall–Kier alpha value is -0.490. The van der Waals surface area contributed by atoms with Crippen LogP contribution in [-0.2, 0) is 12.2 Å². The van der Waals surface area contributed by atoms with Crippen molar-refractivity contribution in [3.8, 4) is 5.75 Å². The van der Waals surface area contributed by atoms with Gasteiger partial charge in [-0.2, -0.15) is 11.8 Å². The van der Waals surface area contributed by atoms with Gasteiger partial charge in [0, 0.05) is 20.0 Å². The number of fused-ring (bicyclic) bond motifs is 1. The molecule has 0 spiro atoms. The minimum absolute atomic E-state index is 0.228. The van der Waals surface area contributed by atoms with E-state index in [1.54, 1.807) is 12.0 Å². The van der Waals surface area contributed by atoms with Crippen LogP contribution in [0.5, 0.6) is 5.75 Å². The highest BCUT2D eigenvalue weighted by molar-refractivity contribution is 9.10. The highest BCUT2D eigenvalue weighted by atomic mass is 79.9. The quantitative estimate of drug-likeness (QED) is 0.831. The van der Waals surface area contributed by atoms with Gasteiger partial charge in [0.25, 0.3) is 0 Å². The third-order valence-electron chi connectivity index (χ3n) is 3.74. The molecule has 1 aliphatic rings. The summed E-state index contributed by atoms with van der Waals surface area (Å²) in [7, 11) is 3.72. The lowest BCUT2D eigenvalue weighted by atomic mass is 10.0. The van der Waals surface area contributed by atoms with Crippen molar-refractivity contribution in [2.75, 3.05) is 19.9 Å². The molecule has 2 heterocycles. The second-order valence-electron chi connectivity index (χ2n) is 5.01. The number of halogens is 1. The molecular formula is C16H18BrNOS2. The molecule has 1 unspecified atom stereocenters.